The third-order valence-electron chi connectivity index (χ3n) is 9.09. The van der Waals surface area contributed by atoms with Gasteiger partial charge in [0, 0.05) is 13.0 Å². The quantitative estimate of drug-likeness (QED) is 0.0208. The van der Waals surface area contributed by atoms with Crippen molar-refractivity contribution < 1.29 is 32.8 Å². The van der Waals surface area contributed by atoms with E-state index in [2.05, 4.69) is 38.2 Å². The number of carbonyl (C=O) groups is 1. The zero-order valence-corrected chi connectivity index (χ0v) is 34.7. The highest BCUT2D eigenvalue weighted by molar-refractivity contribution is 7.47. The SMILES string of the molecule is CCCCCCCC/C=C\CCCCCC/C=C\OC[C@H](COP(=O)(O)OCCN)OC(=O)CCCCCCCCC/C=C\CCCCCCCC. The Hall–Kier alpha value is -1.44. The molecule has 0 fully saturated rings. The summed E-state index contributed by atoms with van der Waals surface area (Å²) in [6.45, 7) is 4.22. The topological polar surface area (TPSA) is 117 Å². The minimum Gasteiger partial charge on any atom is -0.498 e. The van der Waals surface area contributed by atoms with E-state index in [1.807, 2.05) is 6.08 Å². The molecule has 9 heteroatoms. The summed E-state index contributed by atoms with van der Waals surface area (Å²) in [5.74, 6) is -0.359. The van der Waals surface area contributed by atoms with Gasteiger partial charge in [-0.05, 0) is 76.7 Å². The van der Waals surface area contributed by atoms with E-state index < -0.39 is 13.9 Å². The molecule has 0 amide bonds. The highest BCUT2D eigenvalue weighted by Crippen LogP contribution is 2.43. The number of nitrogens with two attached hydrogens (primary N) is 1. The average molecular weight is 756 g/mol. The van der Waals surface area contributed by atoms with Crippen molar-refractivity contribution in [1.82, 2.24) is 0 Å². The van der Waals surface area contributed by atoms with Gasteiger partial charge in [-0.1, -0.05) is 147 Å². The van der Waals surface area contributed by atoms with Gasteiger partial charge in [-0.25, -0.2) is 4.57 Å². The summed E-state index contributed by atoms with van der Waals surface area (Å²) in [5, 5.41) is 0. The summed E-state index contributed by atoms with van der Waals surface area (Å²) in [6.07, 6.45) is 46.8. The van der Waals surface area contributed by atoms with Crippen LogP contribution in [0.1, 0.15) is 200 Å². The van der Waals surface area contributed by atoms with Crippen LogP contribution in [0.4, 0.5) is 0 Å². The number of rotatable bonds is 41. The fourth-order valence-electron chi connectivity index (χ4n) is 5.89. The molecule has 0 aliphatic rings. The van der Waals surface area contributed by atoms with E-state index in [1.54, 1.807) is 6.26 Å². The molecule has 52 heavy (non-hydrogen) atoms. The van der Waals surface area contributed by atoms with Gasteiger partial charge >= 0.3 is 13.8 Å². The van der Waals surface area contributed by atoms with E-state index in [1.165, 1.54) is 141 Å². The van der Waals surface area contributed by atoms with E-state index in [0.29, 0.717) is 6.42 Å². The van der Waals surface area contributed by atoms with Crippen LogP contribution in [0.3, 0.4) is 0 Å². The first-order valence-corrected chi connectivity index (χ1v) is 23.0. The Bertz CT molecular complexity index is 895. The van der Waals surface area contributed by atoms with Crippen LogP contribution in [0.2, 0.25) is 0 Å². The summed E-state index contributed by atoms with van der Waals surface area (Å²) in [5.41, 5.74) is 5.36. The second-order valence-electron chi connectivity index (χ2n) is 14.3. The van der Waals surface area contributed by atoms with Crippen molar-refractivity contribution in [2.75, 3.05) is 26.4 Å². The molecule has 0 bridgehead atoms. The maximum atomic E-state index is 12.6. The number of esters is 1. The Morgan fingerprint density at radius 1 is 0.577 bits per heavy atom. The first-order valence-electron chi connectivity index (χ1n) is 21.5. The normalized spacial score (nSPS) is 13.8. The monoisotopic (exact) mass is 756 g/mol. The third kappa shape index (κ3) is 39.8. The second kappa shape index (κ2) is 40.7. The van der Waals surface area contributed by atoms with Gasteiger partial charge in [0.15, 0.2) is 6.10 Å². The maximum absolute atomic E-state index is 12.6. The zero-order valence-electron chi connectivity index (χ0n) is 33.8. The number of hydrogen-bond acceptors (Lipinski definition) is 7. The summed E-state index contributed by atoms with van der Waals surface area (Å²) in [4.78, 5) is 22.4. The number of unbranched alkanes of at least 4 members (excludes halogenated alkanes) is 24. The largest absolute Gasteiger partial charge is 0.498 e. The van der Waals surface area contributed by atoms with Crippen molar-refractivity contribution in [3.63, 3.8) is 0 Å². The molecule has 8 nitrogen and oxygen atoms in total. The molecule has 0 aromatic heterocycles. The number of phosphoric acid groups is 1. The Labute approximate surface area is 320 Å². The Morgan fingerprint density at radius 2 is 0.981 bits per heavy atom. The van der Waals surface area contributed by atoms with Gasteiger partial charge in [0.25, 0.3) is 0 Å². The summed E-state index contributed by atoms with van der Waals surface area (Å²) >= 11 is 0. The predicted molar refractivity (Wildman–Crippen MR) is 219 cm³/mol. The molecule has 0 radical (unpaired) electrons. The molecule has 0 saturated heterocycles. The van der Waals surface area contributed by atoms with Crippen LogP contribution in [0.5, 0.6) is 0 Å². The smallest absolute Gasteiger partial charge is 0.472 e. The van der Waals surface area contributed by atoms with E-state index in [4.69, 9.17) is 24.3 Å². The number of carbonyl (C=O) groups excluding carboxylic acids is 1. The molecular formula is C43H82NO7P. The van der Waals surface area contributed by atoms with Crippen molar-refractivity contribution >= 4 is 13.8 Å². The Morgan fingerprint density at radius 3 is 1.42 bits per heavy atom. The van der Waals surface area contributed by atoms with Crippen molar-refractivity contribution in [1.29, 1.82) is 0 Å². The number of ether oxygens (including phenoxy) is 2. The van der Waals surface area contributed by atoms with Crippen LogP contribution in [-0.2, 0) is 27.9 Å². The average Bonchev–Trinajstić information content (AvgIpc) is 3.13. The molecule has 0 aliphatic heterocycles. The predicted octanol–water partition coefficient (Wildman–Crippen LogP) is 13.0. The van der Waals surface area contributed by atoms with Crippen LogP contribution in [0.15, 0.2) is 36.6 Å². The molecule has 2 atom stereocenters. The lowest BCUT2D eigenvalue weighted by molar-refractivity contribution is -0.153. The minimum atomic E-state index is -4.29. The van der Waals surface area contributed by atoms with Gasteiger partial charge in [-0.2, -0.15) is 0 Å². The summed E-state index contributed by atoms with van der Waals surface area (Å²) in [7, 11) is -4.29. The van der Waals surface area contributed by atoms with Crippen LogP contribution >= 0.6 is 7.82 Å². The van der Waals surface area contributed by atoms with Gasteiger partial charge < -0.3 is 20.1 Å². The van der Waals surface area contributed by atoms with E-state index in [0.717, 1.165) is 38.5 Å². The minimum absolute atomic E-state index is 0.0262. The summed E-state index contributed by atoms with van der Waals surface area (Å²) in [6, 6.07) is 0. The van der Waals surface area contributed by atoms with Crippen LogP contribution in [0, 0.1) is 0 Å². The molecule has 0 heterocycles. The van der Waals surface area contributed by atoms with Crippen molar-refractivity contribution in [3.05, 3.63) is 36.6 Å². The standard InChI is InChI=1S/C43H82NO7P/c1-3-5-7-9-11-13-15-17-19-21-22-24-26-28-30-32-34-36-43(45)51-42(41-50-52(46,47)49-39-37-44)40-48-38-35-33-31-29-27-25-23-20-18-16-14-12-10-8-6-4-2/h17-20,35,38,42H,3-16,21-34,36-37,39-41,44H2,1-2H3,(H,46,47)/b19-17-,20-18-,38-35-/t42-/m1/s1. The molecule has 0 aliphatic carbocycles. The van der Waals surface area contributed by atoms with Crippen LogP contribution in [-0.4, -0.2) is 43.3 Å². The molecule has 0 aromatic carbocycles. The number of hydrogen-bond donors (Lipinski definition) is 2. The van der Waals surface area contributed by atoms with Crippen molar-refractivity contribution in [2.24, 2.45) is 5.73 Å². The maximum Gasteiger partial charge on any atom is 0.472 e. The van der Waals surface area contributed by atoms with Gasteiger partial charge in [0.1, 0.15) is 6.61 Å². The van der Waals surface area contributed by atoms with Crippen molar-refractivity contribution in [2.45, 2.75) is 206 Å². The molecule has 1 unspecified atom stereocenters. The molecule has 306 valence electrons. The van der Waals surface area contributed by atoms with Gasteiger partial charge in [-0.15, -0.1) is 0 Å². The highest BCUT2D eigenvalue weighted by Gasteiger charge is 2.25. The van der Waals surface area contributed by atoms with Gasteiger partial charge in [0.2, 0.25) is 0 Å². The number of phosphoric ester groups is 1. The van der Waals surface area contributed by atoms with Gasteiger partial charge in [0.05, 0.1) is 19.5 Å². The van der Waals surface area contributed by atoms with E-state index >= 15 is 0 Å². The Balaban J connectivity index is 4.10. The van der Waals surface area contributed by atoms with Crippen LogP contribution < -0.4 is 5.73 Å². The molecule has 0 aromatic rings. The fraction of sp³-hybridized carbons (Fsp3) is 0.837. The second-order valence-corrected chi connectivity index (χ2v) is 15.7. The zero-order chi connectivity index (χ0) is 38.1. The van der Waals surface area contributed by atoms with Crippen LogP contribution in [0.25, 0.3) is 0 Å². The summed E-state index contributed by atoms with van der Waals surface area (Å²) < 4.78 is 33.2. The first-order chi connectivity index (χ1) is 25.4. The molecule has 0 rings (SSSR count). The number of allylic oxidation sites excluding steroid dienone is 5. The fourth-order valence-corrected chi connectivity index (χ4v) is 6.66. The lowest BCUT2D eigenvalue weighted by Gasteiger charge is -2.19. The highest BCUT2D eigenvalue weighted by atomic mass is 31.2. The molecule has 3 N–H and O–H groups in total. The van der Waals surface area contributed by atoms with E-state index in [-0.39, 0.29) is 32.3 Å². The Kier molecular flexibility index (Phi) is 39.6. The lowest BCUT2D eigenvalue weighted by atomic mass is 10.1. The molecule has 0 saturated carbocycles. The molecular weight excluding hydrogens is 673 g/mol. The third-order valence-corrected chi connectivity index (χ3v) is 10.1. The van der Waals surface area contributed by atoms with Gasteiger partial charge in [-0.3, -0.25) is 13.8 Å². The van der Waals surface area contributed by atoms with E-state index in [9.17, 15) is 14.3 Å². The first kappa shape index (κ1) is 50.6. The lowest BCUT2D eigenvalue weighted by Crippen LogP contribution is -2.27. The van der Waals surface area contributed by atoms with Crippen molar-refractivity contribution in [3.8, 4) is 0 Å². The molecule has 0 spiro atoms.